The van der Waals surface area contributed by atoms with E-state index in [1.165, 1.54) is 4.90 Å². The highest BCUT2D eigenvalue weighted by Gasteiger charge is 2.34. The molecular formula is C17H24N2O3. The third-order valence-corrected chi connectivity index (χ3v) is 4.02. The van der Waals surface area contributed by atoms with Crippen molar-refractivity contribution in [2.75, 3.05) is 19.7 Å². The summed E-state index contributed by atoms with van der Waals surface area (Å²) in [5.41, 5.74) is 1.02. The molecular weight excluding hydrogens is 280 g/mol. The molecule has 1 aromatic carbocycles. The summed E-state index contributed by atoms with van der Waals surface area (Å²) >= 11 is 0. The Balaban J connectivity index is 1.79. The van der Waals surface area contributed by atoms with E-state index in [2.05, 4.69) is 12.2 Å². The fraction of sp³-hybridized carbons (Fsp3) is 0.529. The Bertz CT molecular complexity index is 509. The highest BCUT2D eigenvalue weighted by molar-refractivity contribution is 6.21. The molecule has 2 unspecified atom stereocenters. The molecule has 0 bridgehead atoms. The minimum Gasteiger partial charge on any atom is -0.396 e. The number of hydrogen-bond donors (Lipinski definition) is 2. The normalized spacial score (nSPS) is 16.8. The molecule has 120 valence electrons. The average molecular weight is 304 g/mol. The fourth-order valence-electron chi connectivity index (χ4n) is 2.57. The number of nitrogens with zero attached hydrogens (tertiary/aromatic N) is 1. The van der Waals surface area contributed by atoms with Crippen molar-refractivity contribution < 1.29 is 14.7 Å². The van der Waals surface area contributed by atoms with Crippen LogP contribution in [0.1, 0.15) is 47.4 Å². The summed E-state index contributed by atoms with van der Waals surface area (Å²) in [5, 5.41) is 12.3. The van der Waals surface area contributed by atoms with Crippen molar-refractivity contribution in [2.24, 2.45) is 5.92 Å². The quantitative estimate of drug-likeness (QED) is 0.717. The average Bonchev–Trinajstić information content (AvgIpc) is 2.78. The van der Waals surface area contributed by atoms with Crippen LogP contribution >= 0.6 is 0 Å². The Morgan fingerprint density at radius 3 is 2.27 bits per heavy atom. The van der Waals surface area contributed by atoms with E-state index in [4.69, 9.17) is 5.11 Å². The van der Waals surface area contributed by atoms with Gasteiger partial charge in [0.1, 0.15) is 0 Å². The van der Waals surface area contributed by atoms with Crippen molar-refractivity contribution in [1.29, 1.82) is 0 Å². The molecule has 1 aromatic rings. The Kier molecular flexibility index (Phi) is 5.69. The van der Waals surface area contributed by atoms with Crippen molar-refractivity contribution >= 4 is 11.8 Å². The number of imide groups is 1. The molecule has 0 spiro atoms. The molecule has 0 fully saturated rings. The summed E-state index contributed by atoms with van der Waals surface area (Å²) < 4.78 is 0. The van der Waals surface area contributed by atoms with E-state index in [1.54, 1.807) is 24.3 Å². The number of hydrogen-bond acceptors (Lipinski definition) is 4. The first-order valence-electron chi connectivity index (χ1n) is 7.84. The second-order valence-corrected chi connectivity index (χ2v) is 6.05. The second-order valence-electron chi connectivity index (χ2n) is 6.05. The first-order valence-corrected chi connectivity index (χ1v) is 7.84. The molecule has 22 heavy (non-hydrogen) atoms. The van der Waals surface area contributed by atoms with Crippen LogP contribution in [0.2, 0.25) is 0 Å². The van der Waals surface area contributed by atoms with Gasteiger partial charge >= 0.3 is 0 Å². The van der Waals surface area contributed by atoms with Crippen LogP contribution in [0.3, 0.4) is 0 Å². The minimum atomic E-state index is -0.185. The fourth-order valence-corrected chi connectivity index (χ4v) is 2.57. The number of rotatable bonds is 8. The van der Waals surface area contributed by atoms with Gasteiger partial charge in [-0.1, -0.05) is 19.1 Å². The molecule has 1 aliphatic rings. The van der Waals surface area contributed by atoms with Gasteiger partial charge in [-0.05, 0) is 37.8 Å². The Morgan fingerprint density at radius 1 is 1.14 bits per heavy atom. The number of benzene rings is 1. The number of nitrogens with one attached hydrogen (secondary N) is 1. The third kappa shape index (κ3) is 3.72. The number of carbonyl (C=O) groups excluding carboxylic acids is 2. The highest BCUT2D eigenvalue weighted by Crippen LogP contribution is 2.22. The van der Waals surface area contributed by atoms with E-state index in [0.29, 0.717) is 23.7 Å². The van der Waals surface area contributed by atoms with Crippen LogP contribution in [-0.4, -0.2) is 47.6 Å². The van der Waals surface area contributed by atoms with Crippen LogP contribution in [0.15, 0.2) is 24.3 Å². The van der Waals surface area contributed by atoms with Crippen LogP contribution in [0, 0.1) is 5.92 Å². The monoisotopic (exact) mass is 304 g/mol. The number of aliphatic hydroxyl groups is 1. The largest absolute Gasteiger partial charge is 0.396 e. The molecule has 2 rings (SSSR count). The molecule has 0 aliphatic carbocycles. The van der Waals surface area contributed by atoms with Gasteiger partial charge in [0, 0.05) is 25.7 Å². The SMILES string of the molecule is CC(CO)CNC(C)CCCN1C(=O)c2ccccc2C1=O. The summed E-state index contributed by atoms with van der Waals surface area (Å²) in [4.78, 5) is 25.7. The first kappa shape index (κ1) is 16.6. The van der Waals surface area contributed by atoms with Gasteiger partial charge in [0.25, 0.3) is 11.8 Å². The third-order valence-electron chi connectivity index (χ3n) is 4.02. The number of fused-ring (bicyclic) bond motifs is 1. The van der Waals surface area contributed by atoms with E-state index >= 15 is 0 Å². The molecule has 2 amide bonds. The van der Waals surface area contributed by atoms with Crippen molar-refractivity contribution in [3.05, 3.63) is 35.4 Å². The zero-order valence-electron chi connectivity index (χ0n) is 13.2. The molecule has 2 N–H and O–H groups in total. The van der Waals surface area contributed by atoms with Crippen molar-refractivity contribution in [1.82, 2.24) is 10.2 Å². The maximum absolute atomic E-state index is 12.2. The van der Waals surface area contributed by atoms with E-state index in [1.807, 2.05) is 6.92 Å². The van der Waals surface area contributed by atoms with Gasteiger partial charge < -0.3 is 10.4 Å². The molecule has 0 aromatic heterocycles. The summed E-state index contributed by atoms with van der Waals surface area (Å²) in [5.74, 6) is -0.135. The number of amides is 2. The van der Waals surface area contributed by atoms with Crippen LogP contribution in [0.25, 0.3) is 0 Å². The molecule has 5 nitrogen and oxygen atoms in total. The van der Waals surface area contributed by atoms with Gasteiger partial charge in [0.2, 0.25) is 0 Å². The highest BCUT2D eigenvalue weighted by atomic mass is 16.3. The lowest BCUT2D eigenvalue weighted by Crippen LogP contribution is -2.34. The summed E-state index contributed by atoms with van der Waals surface area (Å²) in [6.07, 6.45) is 1.65. The summed E-state index contributed by atoms with van der Waals surface area (Å²) in [7, 11) is 0. The van der Waals surface area contributed by atoms with E-state index in [0.717, 1.165) is 19.4 Å². The molecule has 0 radical (unpaired) electrons. The summed E-state index contributed by atoms with van der Waals surface area (Å²) in [6.45, 7) is 5.46. The van der Waals surface area contributed by atoms with Gasteiger partial charge in [-0.15, -0.1) is 0 Å². The Labute approximate surface area is 131 Å². The predicted molar refractivity (Wildman–Crippen MR) is 84.8 cm³/mol. The molecule has 1 aliphatic heterocycles. The lowest BCUT2D eigenvalue weighted by Gasteiger charge is -2.18. The molecule has 2 atom stereocenters. The first-order chi connectivity index (χ1) is 10.5. The van der Waals surface area contributed by atoms with Crippen LogP contribution < -0.4 is 5.32 Å². The van der Waals surface area contributed by atoms with Gasteiger partial charge in [-0.2, -0.15) is 0 Å². The van der Waals surface area contributed by atoms with E-state index in [-0.39, 0.29) is 24.3 Å². The minimum absolute atomic E-state index is 0.175. The smallest absolute Gasteiger partial charge is 0.261 e. The zero-order valence-corrected chi connectivity index (χ0v) is 13.2. The maximum Gasteiger partial charge on any atom is 0.261 e. The van der Waals surface area contributed by atoms with Crippen molar-refractivity contribution in [3.8, 4) is 0 Å². The summed E-state index contributed by atoms with van der Waals surface area (Å²) in [6, 6.07) is 7.26. The lowest BCUT2D eigenvalue weighted by molar-refractivity contribution is 0.0650. The van der Waals surface area contributed by atoms with E-state index < -0.39 is 0 Å². The number of aliphatic hydroxyl groups excluding tert-OH is 1. The lowest BCUT2D eigenvalue weighted by atomic mass is 10.1. The predicted octanol–water partition coefficient (Wildman–Crippen LogP) is 1.67. The molecule has 1 heterocycles. The Morgan fingerprint density at radius 2 is 1.73 bits per heavy atom. The zero-order chi connectivity index (χ0) is 16.1. The Hall–Kier alpha value is -1.72. The van der Waals surface area contributed by atoms with E-state index in [9.17, 15) is 9.59 Å². The van der Waals surface area contributed by atoms with Crippen LogP contribution in [0.4, 0.5) is 0 Å². The van der Waals surface area contributed by atoms with Gasteiger partial charge in [-0.3, -0.25) is 14.5 Å². The van der Waals surface area contributed by atoms with Crippen molar-refractivity contribution in [3.63, 3.8) is 0 Å². The second kappa shape index (κ2) is 7.51. The molecule has 5 heteroatoms. The molecule has 0 saturated carbocycles. The standard InChI is InChI=1S/C17H24N2O3/c1-12(11-20)10-18-13(2)6-5-9-19-16(21)14-7-3-4-8-15(14)17(19)22/h3-4,7-8,12-13,18,20H,5-6,9-11H2,1-2H3. The topological polar surface area (TPSA) is 69.6 Å². The van der Waals surface area contributed by atoms with Gasteiger partial charge in [0.05, 0.1) is 11.1 Å². The van der Waals surface area contributed by atoms with Gasteiger partial charge in [-0.25, -0.2) is 0 Å². The molecule has 0 saturated heterocycles. The van der Waals surface area contributed by atoms with Crippen molar-refractivity contribution in [2.45, 2.75) is 32.7 Å². The maximum atomic E-state index is 12.2. The van der Waals surface area contributed by atoms with Gasteiger partial charge in [0.15, 0.2) is 0 Å². The van der Waals surface area contributed by atoms with Crippen LogP contribution in [-0.2, 0) is 0 Å². The number of carbonyl (C=O) groups is 2. The van der Waals surface area contributed by atoms with Crippen LogP contribution in [0.5, 0.6) is 0 Å².